The maximum absolute atomic E-state index is 13.9. The summed E-state index contributed by atoms with van der Waals surface area (Å²) in [6.45, 7) is 1.37. The van der Waals surface area contributed by atoms with Crippen molar-refractivity contribution in [1.82, 2.24) is 5.32 Å². The lowest BCUT2D eigenvalue weighted by Gasteiger charge is -2.30. The summed E-state index contributed by atoms with van der Waals surface area (Å²) >= 11 is 0. The number of anilines is 1. The smallest absolute Gasteiger partial charge is 0.276 e. The predicted molar refractivity (Wildman–Crippen MR) is 63.8 cm³/mol. The highest BCUT2D eigenvalue weighted by Gasteiger charge is 2.62. The number of imide groups is 2. The first kappa shape index (κ1) is 12.7. The van der Waals surface area contributed by atoms with Gasteiger partial charge >= 0.3 is 6.03 Å². The zero-order chi connectivity index (χ0) is 14.7. The first-order valence-corrected chi connectivity index (χ1v) is 6.02. The Morgan fingerprint density at radius 2 is 1.80 bits per heavy atom. The highest BCUT2D eigenvalue weighted by Crippen LogP contribution is 2.49. The molecule has 1 heterocycles. The van der Waals surface area contributed by atoms with E-state index in [4.69, 9.17) is 0 Å². The van der Waals surface area contributed by atoms with Crippen LogP contribution in [0.4, 0.5) is 19.3 Å². The van der Waals surface area contributed by atoms with E-state index < -0.39 is 40.6 Å². The van der Waals surface area contributed by atoms with Crippen molar-refractivity contribution in [3.05, 3.63) is 29.3 Å². The van der Waals surface area contributed by atoms with Crippen LogP contribution >= 0.6 is 0 Å². The maximum Gasteiger partial charge on any atom is 0.335 e. The molecule has 5 nitrogen and oxygen atoms in total. The van der Waals surface area contributed by atoms with Gasteiger partial charge in [0.2, 0.25) is 5.91 Å². The van der Waals surface area contributed by atoms with Gasteiger partial charge in [-0.3, -0.25) is 14.9 Å². The molecule has 1 N–H and O–H groups in total. The van der Waals surface area contributed by atoms with Gasteiger partial charge in [0.1, 0.15) is 17.0 Å². The van der Waals surface area contributed by atoms with Crippen LogP contribution in [0, 0.1) is 24.0 Å². The second-order valence-corrected chi connectivity index (χ2v) is 5.03. The molecule has 0 aromatic heterocycles. The third kappa shape index (κ3) is 1.55. The first-order chi connectivity index (χ1) is 9.36. The Hall–Kier alpha value is -2.31. The summed E-state index contributed by atoms with van der Waals surface area (Å²) in [6.07, 6.45) is 0.606. The Kier molecular flexibility index (Phi) is 2.44. The third-order valence-electron chi connectivity index (χ3n) is 3.69. The number of benzene rings is 1. The van der Waals surface area contributed by atoms with Crippen LogP contribution in [0.2, 0.25) is 0 Å². The van der Waals surface area contributed by atoms with E-state index in [-0.39, 0.29) is 5.56 Å². The molecule has 0 radical (unpaired) electrons. The second-order valence-electron chi connectivity index (χ2n) is 5.03. The van der Waals surface area contributed by atoms with Crippen molar-refractivity contribution >= 4 is 23.5 Å². The number of carbonyl (C=O) groups is 3. The van der Waals surface area contributed by atoms with E-state index in [1.807, 2.05) is 5.32 Å². The van der Waals surface area contributed by atoms with E-state index >= 15 is 0 Å². The zero-order valence-corrected chi connectivity index (χ0v) is 10.5. The van der Waals surface area contributed by atoms with Crippen LogP contribution in [0.1, 0.15) is 18.4 Å². The molecule has 104 valence electrons. The van der Waals surface area contributed by atoms with Gasteiger partial charge in [-0.25, -0.2) is 18.5 Å². The van der Waals surface area contributed by atoms with Crippen LogP contribution in [0.25, 0.3) is 0 Å². The molecule has 7 heteroatoms. The molecule has 2 aliphatic rings. The van der Waals surface area contributed by atoms with Crippen LogP contribution in [0.3, 0.4) is 0 Å². The van der Waals surface area contributed by atoms with Crippen molar-refractivity contribution in [1.29, 1.82) is 0 Å². The average Bonchev–Trinajstić information content (AvgIpc) is 3.15. The predicted octanol–water partition coefficient (Wildman–Crippen LogP) is 1.64. The van der Waals surface area contributed by atoms with Gasteiger partial charge in [-0.05, 0) is 31.4 Å². The van der Waals surface area contributed by atoms with Crippen molar-refractivity contribution in [2.24, 2.45) is 5.41 Å². The van der Waals surface area contributed by atoms with E-state index in [0.717, 1.165) is 12.1 Å². The molecule has 1 aliphatic carbocycles. The van der Waals surface area contributed by atoms with Crippen molar-refractivity contribution < 1.29 is 23.2 Å². The number of amides is 4. The Morgan fingerprint density at radius 1 is 1.15 bits per heavy atom. The fraction of sp³-hybridized carbons (Fsp3) is 0.308. The number of nitrogens with zero attached hydrogens (tertiary/aromatic N) is 1. The van der Waals surface area contributed by atoms with E-state index in [1.54, 1.807) is 0 Å². The number of hydrogen-bond donors (Lipinski definition) is 1. The maximum atomic E-state index is 13.9. The normalized spacial score (nSPS) is 20.4. The zero-order valence-electron chi connectivity index (χ0n) is 10.5. The molecule has 3 rings (SSSR count). The molecule has 0 atom stereocenters. The quantitative estimate of drug-likeness (QED) is 0.795. The van der Waals surface area contributed by atoms with Crippen molar-refractivity contribution in [3.63, 3.8) is 0 Å². The molecule has 1 spiro atoms. The number of hydrogen-bond acceptors (Lipinski definition) is 3. The molecule has 1 saturated carbocycles. The van der Waals surface area contributed by atoms with Gasteiger partial charge in [-0.1, -0.05) is 0 Å². The molecule has 1 saturated heterocycles. The SMILES string of the molecule is Cc1cc(F)c(N2C(=O)NC(=O)C3(CC3)C2=O)cc1F. The molecular weight excluding hydrogens is 270 g/mol. The van der Waals surface area contributed by atoms with Gasteiger partial charge in [-0.2, -0.15) is 0 Å². The minimum atomic E-state index is -1.29. The highest BCUT2D eigenvalue weighted by molar-refractivity contribution is 6.31. The van der Waals surface area contributed by atoms with E-state index in [2.05, 4.69) is 0 Å². The van der Waals surface area contributed by atoms with Gasteiger partial charge in [-0.15, -0.1) is 0 Å². The Bertz CT molecular complexity index is 668. The second kappa shape index (κ2) is 3.84. The summed E-state index contributed by atoms with van der Waals surface area (Å²) in [5, 5.41) is 2.01. The largest absolute Gasteiger partial charge is 0.335 e. The van der Waals surface area contributed by atoms with Crippen molar-refractivity contribution in [2.45, 2.75) is 19.8 Å². The van der Waals surface area contributed by atoms with Crippen LogP contribution < -0.4 is 10.2 Å². The van der Waals surface area contributed by atoms with Crippen LogP contribution in [-0.4, -0.2) is 17.8 Å². The molecule has 20 heavy (non-hydrogen) atoms. The van der Waals surface area contributed by atoms with E-state index in [0.29, 0.717) is 17.7 Å². The van der Waals surface area contributed by atoms with Gasteiger partial charge in [0.05, 0.1) is 5.69 Å². The number of nitrogens with one attached hydrogen (secondary N) is 1. The molecule has 1 aromatic carbocycles. The average molecular weight is 280 g/mol. The van der Waals surface area contributed by atoms with Crippen LogP contribution in [0.15, 0.2) is 12.1 Å². The number of halogens is 2. The minimum Gasteiger partial charge on any atom is -0.276 e. The fourth-order valence-electron chi connectivity index (χ4n) is 2.27. The molecule has 4 amide bonds. The summed E-state index contributed by atoms with van der Waals surface area (Å²) in [7, 11) is 0. The lowest BCUT2D eigenvalue weighted by Crippen LogP contribution is -2.59. The number of barbiturate groups is 1. The topological polar surface area (TPSA) is 66.5 Å². The summed E-state index contributed by atoms with van der Waals surface area (Å²) in [6, 6.07) is 0.634. The third-order valence-corrected chi connectivity index (χ3v) is 3.69. The fourth-order valence-corrected chi connectivity index (χ4v) is 2.27. The molecule has 2 fully saturated rings. The molecule has 0 bridgehead atoms. The summed E-state index contributed by atoms with van der Waals surface area (Å²) in [4.78, 5) is 36.1. The Morgan fingerprint density at radius 3 is 2.40 bits per heavy atom. The number of rotatable bonds is 1. The summed E-state index contributed by atoms with van der Waals surface area (Å²) in [5.74, 6) is -3.09. The standard InChI is InChI=1S/C13H10F2N2O3/c1-6-4-8(15)9(5-7(6)14)17-11(19)13(2-3-13)10(18)16-12(17)20/h4-5H,2-3H2,1H3,(H,16,18,20). The molecule has 0 unspecified atom stereocenters. The molecule has 1 aromatic rings. The number of carbonyl (C=O) groups excluding carboxylic acids is 3. The van der Waals surface area contributed by atoms with Crippen molar-refractivity contribution in [2.75, 3.05) is 4.90 Å². The van der Waals surface area contributed by atoms with Crippen LogP contribution in [-0.2, 0) is 9.59 Å². The minimum absolute atomic E-state index is 0.0633. The molecular formula is C13H10F2N2O3. The van der Waals surface area contributed by atoms with Gasteiger partial charge < -0.3 is 0 Å². The lowest BCUT2D eigenvalue weighted by atomic mass is 10.0. The number of aryl methyl sites for hydroxylation is 1. The van der Waals surface area contributed by atoms with Crippen molar-refractivity contribution in [3.8, 4) is 0 Å². The number of urea groups is 1. The Labute approximate surface area is 112 Å². The van der Waals surface area contributed by atoms with Crippen LogP contribution in [0.5, 0.6) is 0 Å². The van der Waals surface area contributed by atoms with E-state index in [9.17, 15) is 23.2 Å². The summed E-state index contributed by atoms with van der Waals surface area (Å²) < 4.78 is 27.5. The van der Waals surface area contributed by atoms with Gasteiger partial charge in [0, 0.05) is 6.07 Å². The highest BCUT2D eigenvalue weighted by atomic mass is 19.1. The molecule has 1 aliphatic heterocycles. The Balaban J connectivity index is 2.09. The van der Waals surface area contributed by atoms with Gasteiger partial charge in [0.25, 0.3) is 5.91 Å². The first-order valence-electron chi connectivity index (χ1n) is 6.02. The van der Waals surface area contributed by atoms with Gasteiger partial charge in [0.15, 0.2) is 0 Å². The monoisotopic (exact) mass is 280 g/mol. The lowest BCUT2D eigenvalue weighted by molar-refractivity contribution is -0.136. The van der Waals surface area contributed by atoms with E-state index in [1.165, 1.54) is 6.92 Å². The summed E-state index contributed by atoms with van der Waals surface area (Å²) in [5.41, 5.74) is -1.70.